The van der Waals surface area contributed by atoms with Crippen molar-refractivity contribution in [2.75, 3.05) is 42.8 Å². The fourth-order valence-corrected chi connectivity index (χ4v) is 6.36. The number of benzene rings is 1. The second-order valence-corrected chi connectivity index (χ2v) is 11.4. The van der Waals surface area contributed by atoms with Gasteiger partial charge in [-0.15, -0.1) is 11.3 Å². The maximum absolute atomic E-state index is 12.6. The number of anilines is 2. The van der Waals surface area contributed by atoms with Gasteiger partial charge in [-0.1, -0.05) is 0 Å². The van der Waals surface area contributed by atoms with E-state index in [2.05, 4.69) is 35.4 Å². The third-order valence-corrected chi connectivity index (χ3v) is 8.42. The van der Waals surface area contributed by atoms with Crippen LogP contribution in [0.15, 0.2) is 44.4 Å². The van der Waals surface area contributed by atoms with Gasteiger partial charge in [0.1, 0.15) is 10.0 Å². The van der Waals surface area contributed by atoms with E-state index in [9.17, 15) is 18.3 Å². The molecule has 4 rings (SSSR count). The summed E-state index contributed by atoms with van der Waals surface area (Å²) >= 11 is 4.35. The number of sulfonamides is 1. The minimum Gasteiger partial charge on any atom is -0.478 e. The number of likely N-dealkylation sites (N-methyl/N-ethyl adjacent to an activating group) is 1. The molecular weight excluding hydrogens is 492 g/mol. The number of rotatable bonds is 5. The van der Waals surface area contributed by atoms with Gasteiger partial charge in [-0.3, -0.25) is 4.72 Å². The lowest BCUT2D eigenvalue weighted by Crippen LogP contribution is -2.44. The normalized spacial score (nSPS) is 15.5. The molecule has 3 aromatic rings. The van der Waals surface area contributed by atoms with Crippen LogP contribution in [0.2, 0.25) is 0 Å². The van der Waals surface area contributed by atoms with E-state index in [0.29, 0.717) is 20.5 Å². The molecular formula is C19H19BrN4O4S2. The topological polar surface area (TPSA) is 103 Å². The molecule has 11 heteroatoms. The molecule has 2 aromatic heterocycles. The van der Waals surface area contributed by atoms with Crippen molar-refractivity contribution >= 4 is 65.7 Å². The number of nitrogens with zero attached hydrogens (tertiary/aromatic N) is 3. The molecule has 0 aliphatic carbocycles. The summed E-state index contributed by atoms with van der Waals surface area (Å²) in [7, 11) is -1.72. The molecule has 1 aliphatic rings. The van der Waals surface area contributed by atoms with E-state index >= 15 is 0 Å². The minimum atomic E-state index is -3.77. The summed E-state index contributed by atoms with van der Waals surface area (Å²) in [6, 6.07) is 9.47. The zero-order chi connectivity index (χ0) is 21.5. The number of hydrogen-bond donors (Lipinski definition) is 2. The van der Waals surface area contributed by atoms with Gasteiger partial charge in [-0.25, -0.2) is 18.2 Å². The van der Waals surface area contributed by atoms with Gasteiger partial charge in [-0.2, -0.15) is 0 Å². The average Bonchev–Trinajstić information content (AvgIpc) is 3.15. The largest absolute Gasteiger partial charge is 0.478 e. The summed E-state index contributed by atoms with van der Waals surface area (Å²) in [5, 5.41) is 10.1. The molecule has 0 bridgehead atoms. The Kier molecular flexibility index (Phi) is 5.71. The van der Waals surface area contributed by atoms with Crippen molar-refractivity contribution in [3.05, 3.63) is 45.7 Å². The number of aromatic nitrogens is 1. The zero-order valence-corrected chi connectivity index (χ0v) is 19.2. The van der Waals surface area contributed by atoms with E-state index in [1.165, 1.54) is 12.1 Å². The summed E-state index contributed by atoms with van der Waals surface area (Å²) in [6.45, 7) is 3.29. The van der Waals surface area contributed by atoms with Gasteiger partial charge in [-0.05, 0) is 59.4 Å². The molecule has 0 radical (unpaired) electrons. The third kappa shape index (κ3) is 4.29. The van der Waals surface area contributed by atoms with Crippen LogP contribution in [0.5, 0.6) is 0 Å². The number of carbonyl (C=O) groups is 1. The van der Waals surface area contributed by atoms with Crippen molar-refractivity contribution in [1.29, 1.82) is 0 Å². The second kappa shape index (κ2) is 8.14. The first-order valence-corrected chi connectivity index (χ1v) is 12.2. The Labute approximate surface area is 186 Å². The van der Waals surface area contributed by atoms with Crippen LogP contribution in [-0.4, -0.2) is 62.6 Å². The van der Waals surface area contributed by atoms with Crippen molar-refractivity contribution in [1.82, 2.24) is 9.88 Å². The summed E-state index contributed by atoms with van der Waals surface area (Å²) in [5.74, 6) is -0.468. The quantitative estimate of drug-likeness (QED) is 0.542. The number of aromatic carboxylic acids is 1. The molecule has 30 heavy (non-hydrogen) atoms. The molecule has 1 aliphatic heterocycles. The Balaban J connectivity index is 1.71. The SMILES string of the molecule is CN1CCN(c2cc(C(=O)O)c3cc(NS(=O)(=O)c4ccc(Br)s4)ccc3n2)CC1. The molecule has 1 saturated heterocycles. The van der Waals surface area contributed by atoms with Crippen molar-refractivity contribution in [3.63, 3.8) is 0 Å². The molecule has 0 amide bonds. The van der Waals surface area contributed by atoms with Crippen LogP contribution in [0.1, 0.15) is 10.4 Å². The Morgan fingerprint density at radius 3 is 2.53 bits per heavy atom. The monoisotopic (exact) mass is 510 g/mol. The molecule has 0 atom stereocenters. The Hall–Kier alpha value is -2.21. The standard InChI is InChI=1S/C19H19BrN4O4S2/c1-23-6-8-24(9-7-23)17-11-14(19(25)26)13-10-12(2-3-15(13)21-17)22-30(27,28)18-5-4-16(20)29-18/h2-5,10-11,22H,6-9H2,1H3,(H,25,26). The van der Waals surface area contributed by atoms with E-state index < -0.39 is 16.0 Å². The number of pyridine rings is 1. The molecule has 158 valence electrons. The predicted molar refractivity (Wildman–Crippen MR) is 121 cm³/mol. The molecule has 0 saturated carbocycles. The fourth-order valence-electron chi connectivity index (χ4n) is 3.30. The summed E-state index contributed by atoms with van der Waals surface area (Å²) in [6.07, 6.45) is 0. The van der Waals surface area contributed by atoms with Gasteiger partial charge in [0, 0.05) is 37.3 Å². The molecule has 0 unspecified atom stereocenters. The van der Waals surface area contributed by atoms with Gasteiger partial charge in [0.15, 0.2) is 0 Å². The van der Waals surface area contributed by atoms with E-state index in [1.807, 2.05) is 7.05 Å². The third-order valence-electron chi connectivity index (χ3n) is 4.92. The van der Waals surface area contributed by atoms with Crippen molar-refractivity contribution < 1.29 is 18.3 Å². The lowest BCUT2D eigenvalue weighted by atomic mass is 10.1. The Morgan fingerprint density at radius 2 is 1.90 bits per heavy atom. The molecule has 3 heterocycles. The maximum atomic E-state index is 12.6. The fraction of sp³-hybridized carbons (Fsp3) is 0.263. The second-order valence-electron chi connectivity index (χ2n) is 7.02. The molecule has 0 spiro atoms. The molecule has 8 nitrogen and oxygen atoms in total. The summed E-state index contributed by atoms with van der Waals surface area (Å²) in [5.41, 5.74) is 0.878. The molecule has 1 fully saturated rings. The molecule has 1 aromatic carbocycles. The van der Waals surface area contributed by atoms with Crippen LogP contribution in [0, 0.1) is 0 Å². The number of nitrogens with one attached hydrogen (secondary N) is 1. The van der Waals surface area contributed by atoms with Crippen LogP contribution >= 0.6 is 27.3 Å². The van der Waals surface area contributed by atoms with Crippen LogP contribution < -0.4 is 9.62 Å². The van der Waals surface area contributed by atoms with E-state index in [4.69, 9.17) is 0 Å². The number of halogens is 1. The van der Waals surface area contributed by atoms with E-state index in [-0.39, 0.29) is 15.5 Å². The highest BCUT2D eigenvalue weighted by atomic mass is 79.9. The zero-order valence-electron chi connectivity index (χ0n) is 16.0. The van der Waals surface area contributed by atoms with Crippen molar-refractivity contribution in [3.8, 4) is 0 Å². The summed E-state index contributed by atoms with van der Waals surface area (Å²) in [4.78, 5) is 20.8. The molecule has 2 N–H and O–H groups in total. The first kappa shape index (κ1) is 21.0. The van der Waals surface area contributed by atoms with Crippen molar-refractivity contribution in [2.45, 2.75) is 4.21 Å². The van der Waals surface area contributed by atoms with Crippen LogP contribution in [0.25, 0.3) is 10.9 Å². The van der Waals surface area contributed by atoms with Crippen LogP contribution in [0.3, 0.4) is 0 Å². The lowest BCUT2D eigenvalue weighted by molar-refractivity contribution is 0.0699. The van der Waals surface area contributed by atoms with Gasteiger partial charge >= 0.3 is 5.97 Å². The number of carboxylic acid groups (broad SMARTS) is 1. The highest BCUT2D eigenvalue weighted by Crippen LogP contribution is 2.30. The van der Waals surface area contributed by atoms with Crippen molar-refractivity contribution in [2.24, 2.45) is 0 Å². The van der Waals surface area contributed by atoms with E-state index in [0.717, 1.165) is 37.5 Å². The number of fused-ring (bicyclic) bond motifs is 1. The highest BCUT2D eigenvalue weighted by molar-refractivity contribution is 9.11. The Bertz CT molecular complexity index is 1220. The highest BCUT2D eigenvalue weighted by Gasteiger charge is 2.21. The number of hydrogen-bond acceptors (Lipinski definition) is 7. The van der Waals surface area contributed by atoms with Crippen LogP contribution in [-0.2, 0) is 10.0 Å². The van der Waals surface area contributed by atoms with Gasteiger partial charge in [0.05, 0.1) is 14.9 Å². The predicted octanol–water partition coefficient (Wildman–Crippen LogP) is 3.31. The van der Waals surface area contributed by atoms with Gasteiger partial charge in [0.25, 0.3) is 10.0 Å². The Morgan fingerprint density at radius 1 is 1.17 bits per heavy atom. The summed E-state index contributed by atoms with van der Waals surface area (Å²) < 4.78 is 28.6. The average molecular weight is 511 g/mol. The van der Waals surface area contributed by atoms with Crippen LogP contribution in [0.4, 0.5) is 11.5 Å². The number of piperazine rings is 1. The number of carboxylic acids is 1. The smallest absolute Gasteiger partial charge is 0.336 e. The van der Waals surface area contributed by atoms with Gasteiger partial charge < -0.3 is 14.9 Å². The van der Waals surface area contributed by atoms with E-state index in [1.54, 1.807) is 24.3 Å². The maximum Gasteiger partial charge on any atom is 0.336 e. The lowest BCUT2D eigenvalue weighted by Gasteiger charge is -2.33. The number of thiophene rings is 1. The van der Waals surface area contributed by atoms with Gasteiger partial charge in [0.2, 0.25) is 0 Å². The first-order valence-electron chi connectivity index (χ1n) is 9.13. The minimum absolute atomic E-state index is 0.0915. The first-order chi connectivity index (χ1) is 14.2.